The highest BCUT2D eigenvalue weighted by Crippen LogP contribution is 2.36. The SMILES string of the molecule is CCCCOCC(CNCc1ccccc1)c1c(Br)cc(OC)cc1Br. The second-order valence-electron chi connectivity index (χ2n) is 6.25. The molecule has 1 unspecified atom stereocenters. The summed E-state index contributed by atoms with van der Waals surface area (Å²) < 4.78 is 13.4. The van der Waals surface area contributed by atoms with E-state index in [2.05, 4.69) is 68.4 Å². The summed E-state index contributed by atoms with van der Waals surface area (Å²) in [7, 11) is 1.68. The van der Waals surface area contributed by atoms with Crippen LogP contribution >= 0.6 is 31.9 Å². The molecule has 2 aromatic carbocycles. The van der Waals surface area contributed by atoms with Gasteiger partial charge < -0.3 is 14.8 Å². The zero-order chi connectivity index (χ0) is 18.8. The van der Waals surface area contributed by atoms with E-state index < -0.39 is 0 Å². The summed E-state index contributed by atoms with van der Waals surface area (Å²) in [5.74, 6) is 1.07. The van der Waals surface area contributed by atoms with Gasteiger partial charge in [-0.05, 0) is 29.7 Å². The summed E-state index contributed by atoms with van der Waals surface area (Å²) in [6.45, 7) is 5.35. The molecule has 0 radical (unpaired) electrons. The van der Waals surface area contributed by atoms with Crippen molar-refractivity contribution in [3.05, 3.63) is 62.5 Å². The Morgan fingerprint density at radius 1 is 1.08 bits per heavy atom. The van der Waals surface area contributed by atoms with Crippen molar-refractivity contribution in [1.29, 1.82) is 0 Å². The van der Waals surface area contributed by atoms with Gasteiger partial charge in [0.1, 0.15) is 5.75 Å². The molecule has 0 aliphatic carbocycles. The largest absolute Gasteiger partial charge is 0.497 e. The topological polar surface area (TPSA) is 30.5 Å². The van der Waals surface area contributed by atoms with Gasteiger partial charge in [-0.2, -0.15) is 0 Å². The fraction of sp³-hybridized carbons (Fsp3) is 0.429. The third-order valence-electron chi connectivity index (χ3n) is 4.22. The van der Waals surface area contributed by atoms with Crippen molar-refractivity contribution in [2.24, 2.45) is 0 Å². The Morgan fingerprint density at radius 2 is 1.77 bits per heavy atom. The fourth-order valence-corrected chi connectivity index (χ4v) is 4.56. The molecule has 26 heavy (non-hydrogen) atoms. The van der Waals surface area contributed by atoms with Crippen molar-refractivity contribution in [3.63, 3.8) is 0 Å². The number of nitrogens with one attached hydrogen (secondary N) is 1. The van der Waals surface area contributed by atoms with E-state index in [0.29, 0.717) is 6.61 Å². The third kappa shape index (κ3) is 6.69. The smallest absolute Gasteiger partial charge is 0.121 e. The average molecular weight is 485 g/mol. The van der Waals surface area contributed by atoms with Gasteiger partial charge >= 0.3 is 0 Å². The molecule has 3 nitrogen and oxygen atoms in total. The monoisotopic (exact) mass is 483 g/mol. The number of unbranched alkanes of at least 4 members (excludes halogenated alkanes) is 1. The Balaban J connectivity index is 2.07. The Hall–Kier alpha value is -0.880. The zero-order valence-corrected chi connectivity index (χ0v) is 18.6. The van der Waals surface area contributed by atoms with Gasteiger partial charge in [-0.15, -0.1) is 0 Å². The van der Waals surface area contributed by atoms with Crippen LogP contribution in [0.1, 0.15) is 36.8 Å². The average Bonchev–Trinajstić information content (AvgIpc) is 2.64. The van der Waals surface area contributed by atoms with Crippen LogP contribution in [0.2, 0.25) is 0 Å². The number of halogens is 2. The van der Waals surface area contributed by atoms with Gasteiger partial charge in [-0.3, -0.25) is 0 Å². The van der Waals surface area contributed by atoms with Crippen LogP contribution in [-0.4, -0.2) is 26.9 Å². The number of methoxy groups -OCH3 is 1. The molecule has 0 saturated heterocycles. The first kappa shape index (κ1) is 21.4. The Labute approximate surface area is 173 Å². The maximum absolute atomic E-state index is 5.95. The predicted molar refractivity (Wildman–Crippen MR) is 115 cm³/mol. The van der Waals surface area contributed by atoms with E-state index >= 15 is 0 Å². The molecule has 0 aromatic heterocycles. The maximum Gasteiger partial charge on any atom is 0.121 e. The molecule has 1 N–H and O–H groups in total. The van der Waals surface area contributed by atoms with Gasteiger partial charge in [0.15, 0.2) is 0 Å². The highest BCUT2D eigenvalue weighted by atomic mass is 79.9. The van der Waals surface area contributed by atoms with Gasteiger partial charge in [0.05, 0.1) is 13.7 Å². The quantitative estimate of drug-likeness (QED) is 0.402. The minimum atomic E-state index is 0.241. The van der Waals surface area contributed by atoms with Crippen LogP contribution < -0.4 is 10.1 Å². The summed E-state index contributed by atoms with van der Waals surface area (Å²) >= 11 is 7.41. The van der Waals surface area contributed by atoms with E-state index in [9.17, 15) is 0 Å². The normalized spacial score (nSPS) is 12.2. The van der Waals surface area contributed by atoms with Crippen LogP contribution in [0.25, 0.3) is 0 Å². The number of hydrogen-bond donors (Lipinski definition) is 1. The molecule has 0 saturated carbocycles. The molecule has 5 heteroatoms. The van der Waals surface area contributed by atoms with E-state index in [-0.39, 0.29) is 5.92 Å². The number of benzene rings is 2. The van der Waals surface area contributed by atoms with Crippen LogP contribution in [0, 0.1) is 0 Å². The number of ether oxygens (including phenoxy) is 2. The van der Waals surface area contributed by atoms with Crippen molar-refractivity contribution >= 4 is 31.9 Å². The van der Waals surface area contributed by atoms with Crippen LogP contribution in [0.4, 0.5) is 0 Å². The molecule has 0 spiro atoms. The summed E-state index contributed by atoms with van der Waals surface area (Å²) in [5, 5.41) is 3.57. The lowest BCUT2D eigenvalue weighted by atomic mass is 9.99. The first-order chi connectivity index (χ1) is 12.7. The summed E-state index contributed by atoms with van der Waals surface area (Å²) in [6.07, 6.45) is 2.24. The van der Waals surface area contributed by atoms with E-state index in [1.165, 1.54) is 11.1 Å². The summed E-state index contributed by atoms with van der Waals surface area (Å²) in [5.41, 5.74) is 2.49. The third-order valence-corrected chi connectivity index (χ3v) is 5.53. The van der Waals surface area contributed by atoms with Gasteiger partial charge in [-0.1, -0.05) is 75.5 Å². The fourth-order valence-electron chi connectivity index (χ4n) is 2.77. The van der Waals surface area contributed by atoms with Gasteiger partial charge in [0.25, 0.3) is 0 Å². The predicted octanol–water partition coefficient (Wildman–Crippen LogP) is 5.91. The van der Waals surface area contributed by atoms with Gasteiger partial charge in [0.2, 0.25) is 0 Å². The Morgan fingerprint density at radius 3 is 2.38 bits per heavy atom. The van der Waals surface area contributed by atoms with Crippen molar-refractivity contribution < 1.29 is 9.47 Å². The second kappa shape index (κ2) is 11.8. The minimum Gasteiger partial charge on any atom is -0.497 e. The maximum atomic E-state index is 5.95. The van der Waals surface area contributed by atoms with Gasteiger partial charge in [-0.25, -0.2) is 0 Å². The van der Waals surface area contributed by atoms with E-state index in [1.807, 2.05) is 18.2 Å². The van der Waals surface area contributed by atoms with E-state index in [1.54, 1.807) is 7.11 Å². The summed E-state index contributed by atoms with van der Waals surface area (Å²) in [4.78, 5) is 0. The highest BCUT2D eigenvalue weighted by molar-refractivity contribution is 9.11. The standard InChI is InChI=1S/C21H27Br2NO2/c1-3-4-10-26-15-17(14-24-13-16-8-6-5-7-9-16)21-19(22)11-18(25-2)12-20(21)23/h5-9,11-12,17,24H,3-4,10,13-15H2,1-2H3. The Bertz CT molecular complexity index is 641. The van der Waals surface area contributed by atoms with Gasteiger partial charge in [0, 0.05) is 34.6 Å². The lowest BCUT2D eigenvalue weighted by molar-refractivity contribution is 0.116. The molecule has 1 atom stereocenters. The molecule has 0 aliphatic heterocycles. The first-order valence-corrected chi connectivity index (χ1v) is 10.6. The molecule has 142 valence electrons. The lowest BCUT2D eigenvalue weighted by Crippen LogP contribution is -2.25. The molecular weight excluding hydrogens is 458 g/mol. The minimum absolute atomic E-state index is 0.241. The molecular formula is C21H27Br2NO2. The van der Waals surface area contributed by atoms with E-state index in [4.69, 9.17) is 9.47 Å². The first-order valence-electron chi connectivity index (χ1n) is 9.01. The van der Waals surface area contributed by atoms with Crippen molar-refractivity contribution in [3.8, 4) is 5.75 Å². The summed E-state index contributed by atoms with van der Waals surface area (Å²) in [6, 6.07) is 14.5. The second-order valence-corrected chi connectivity index (χ2v) is 7.96. The molecule has 0 aliphatic rings. The van der Waals surface area contributed by atoms with Crippen molar-refractivity contribution in [2.45, 2.75) is 32.2 Å². The van der Waals surface area contributed by atoms with Crippen molar-refractivity contribution in [2.75, 3.05) is 26.9 Å². The molecule has 0 heterocycles. The molecule has 0 fully saturated rings. The van der Waals surface area contributed by atoms with Crippen LogP contribution in [-0.2, 0) is 11.3 Å². The van der Waals surface area contributed by atoms with Crippen LogP contribution in [0.3, 0.4) is 0 Å². The van der Waals surface area contributed by atoms with E-state index in [0.717, 1.165) is 47.2 Å². The lowest BCUT2D eigenvalue weighted by Gasteiger charge is -2.22. The van der Waals surface area contributed by atoms with Crippen molar-refractivity contribution in [1.82, 2.24) is 5.32 Å². The number of hydrogen-bond acceptors (Lipinski definition) is 3. The molecule has 0 bridgehead atoms. The Kier molecular flexibility index (Phi) is 9.68. The molecule has 0 amide bonds. The van der Waals surface area contributed by atoms with Crippen LogP contribution in [0.15, 0.2) is 51.4 Å². The molecule has 2 aromatic rings. The van der Waals surface area contributed by atoms with Crippen LogP contribution in [0.5, 0.6) is 5.75 Å². The highest BCUT2D eigenvalue weighted by Gasteiger charge is 2.19. The zero-order valence-electron chi connectivity index (χ0n) is 15.4. The molecule has 2 rings (SSSR count). The number of rotatable bonds is 11.